The van der Waals surface area contributed by atoms with Crippen molar-refractivity contribution in [3.8, 4) is 5.69 Å². The summed E-state index contributed by atoms with van der Waals surface area (Å²) in [4.78, 5) is 11.8. The van der Waals surface area contributed by atoms with E-state index in [0.29, 0.717) is 12.2 Å². The van der Waals surface area contributed by atoms with Crippen molar-refractivity contribution in [2.45, 2.75) is 39.2 Å². The minimum Gasteiger partial charge on any atom is -0.346 e. The third-order valence-electron chi connectivity index (χ3n) is 3.09. The number of halogens is 1. The summed E-state index contributed by atoms with van der Waals surface area (Å²) in [5.41, 5.74) is 0.854. The summed E-state index contributed by atoms with van der Waals surface area (Å²) < 4.78 is 2.62. The number of carbonyl (C=O) groups excluding carboxylic acids is 1. The maximum atomic E-state index is 11.8. The molecule has 21 heavy (non-hydrogen) atoms. The molecule has 1 aromatic heterocycles. The van der Waals surface area contributed by atoms with E-state index in [2.05, 4.69) is 43.7 Å². The SMILES string of the molecule is CCCCC(=O)NC(C)c1nnnn1-c1ccc(Br)cc1. The van der Waals surface area contributed by atoms with E-state index in [1.807, 2.05) is 31.2 Å². The van der Waals surface area contributed by atoms with Crippen molar-refractivity contribution in [3.05, 3.63) is 34.6 Å². The lowest BCUT2D eigenvalue weighted by Crippen LogP contribution is -2.28. The third-order valence-corrected chi connectivity index (χ3v) is 3.62. The van der Waals surface area contributed by atoms with Crippen LogP contribution in [-0.4, -0.2) is 26.1 Å². The Hall–Kier alpha value is -1.76. The van der Waals surface area contributed by atoms with Gasteiger partial charge in [-0.05, 0) is 48.0 Å². The van der Waals surface area contributed by atoms with Crippen LogP contribution in [-0.2, 0) is 4.79 Å². The van der Waals surface area contributed by atoms with E-state index in [4.69, 9.17) is 0 Å². The molecule has 1 heterocycles. The Balaban J connectivity index is 2.12. The van der Waals surface area contributed by atoms with Gasteiger partial charge < -0.3 is 5.32 Å². The lowest BCUT2D eigenvalue weighted by Gasteiger charge is -2.13. The van der Waals surface area contributed by atoms with Crippen LogP contribution >= 0.6 is 15.9 Å². The van der Waals surface area contributed by atoms with Crippen LogP contribution < -0.4 is 5.32 Å². The van der Waals surface area contributed by atoms with Gasteiger partial charge in [-0.15, -0.1) is 5.10 Å². The first kappa shape index (κ1) is 15.6. The maximum absolute atomic E-state index is 11.8. The van der Waals surface area contributed by atoms with Gasteiger partial charge in [-0.1, -0.05) is 29.3 Å². The second-order valence-electron chi connectivity index (χ2n) is 4.82. The zero-order chi connectivity index (χ0) is 15.2. The van der Waals surface area contributed by atoms with Crippen molar-refractivity contribution in [3.63, 3.8) is 0 Å². The highest BCUT2D eigenvalue weighted by Crippen LogP contribution is 2.17. The number of hydrogen-bond acceptors (Lipinski definition) is 4. The van der Waals surface area contributed by atoms with Crippen LogP contribution in [0.25, 0.3) is 5.69 Å². The number of amides is 1. The minimum atomic E-state index is -0.243. The number of carbonyl (C=O) groups is 1. The van der Waals surface area contributed by atoms with Gasteiger partial charge >= 0.3 is 0 Å². The number of unbranched alkanes of at least 4 members (excludes halogenated alkanes) is 1. The van der Waals surface area contributed by atoms with E-state index in [0.717, 1.165) is 23.0 Å². The van der Waals surface area contributed by atoms with Crippen molar-refractivity contribution in [1.29, 1.82) is 0 Å². The van der Waals surface area contributed by atoms with Gasteiger partial charge in [-0.25, -0.2) is 0 Å². The summed E-state index contributed by atoms with van der Waals surface area (Å²) in [7, 11) is 0. The van der Waals surface area contributed by atoms with Crippen molar-refractivity contribution < 1.29 is 4.79 Å². The minimum absolute atomic E-state index is 0.0229. The summed E-state index contributed by atoms with van der Waals surface area (Å²) in [6.45, 7) is 3.94. The molecule has 0 bridgehead atoms. The molecule has 1 atom stereocenters. The smallest absolute Gasteiger partial charge is 0.220 e. The van der Waals surface area contributed by atoms with Crippen molar-refractivity contribution in [2.24, 2.45) is 0 Å². The number of aromatic nitrogens is 4. The highest BCUT2D eigenvalue weighted by atomic mass is 79.9. The molecule has 0 aliphatic carbocycles. The Kier molecular flexibility index (Phi) is 5.44. The van der Waals surface area contributed by atoms with E-state index < -0.39 is 0 Å². The zero-order valence-electron chi connectivity index (χ0n) is 12.1. The van der Waals surface area contributed by atoms with E-state index in [1.54, 1.807) is 4.68 Å². The van der Waals surface area contributed by atoms with Gasteiger partial charge in [0, 0.05) is 10.9 Å². The fourth-order valence-electron chi connectivity index (χ4n) is 1.95. The fourth-order valence-corrected chi connectivity index (χ4v) is 2.21. The first-order valence-corrected chi connectivity index (χ1v) is 7.74. The van der Waals surface area contributed by atoms with Crippen molar-refractivity contribution >= 4 is 21.8 Å². The summed E-state index contributed by atoms with van der Waals surface area (Å²) in [5, 5.41) is 14.7. The zero-order valence-corrected chi connectivity index (χ0v) is 13.7. The summed E-state index contributed by atoms with van der Waals surface area (Å²) in [6.07, 6.45) is 2.41. The normalized spacial score (nSPS) is 12.1. The van der Waals surface area contributed by atoms with Crippen LogP contribution in [0.3, 0.4) is 0 Å². The van der Waals surface area contributed by atoms with Crippen molar-refractivity contribution in [1.82, 2.24) is 25.5 Å². The highest BCUT2D eigenvalue weighted by molar-refractivity contribution is 9.10. The Labute approximate surface area is 132 Å². The topological polar surface area (TPSA) is 72.7 Å². The first-order chi connectivity index (χ1) is 10.1. The van der Waals surface area contributed by atoms with Crippen LogP contribution in [0.2, 0.25) is 0 Å². The molecular formula is C14H18BrN5O. The molecule has 1 aromatic carbocycles. The van der Waals surface area contributed by atoms with Gasteiger partial charge in [0.2, 0.25) is 5.91 Å². The predicted octanol–water partition coefficient (Wildman–Crippen LogP) is 2.79. The molecule has 112 valence electrons. The highest BCUT2D eigenvalue weighted by Gasteiger charge is 2.17. The Morgan fingerprint density at radius 3 is 2.76 bits per heavy atom. The second kappa shape index (κ2) is 7.31. The fraction of sp³-hybridized carbons (Fsp3) is 0.429. The number of hydrogen-bond donors (Lipinski definition) is 1. The number of benzene rings is 1. The van der Waals surface area contributed by atoms with Gasteiger partial charge in [0.15, 0.2) is 5.82 Å². The Morgan fingerprint density at radius 2 is 2.10 bits per heavy atom. The molecule has 2 rings (SSSR count). The lowest BCUT2D eigenvalue weighted by atomic mass is 10.2. The van der Waals surface area contributed by atoms with E-state index in [-0.39, 0.29) is 11.9 Å². The molecule has 0 fully saturated rings. The molecule has 1 amide bonds. The second-order valence-corrected chi connectivity index (χ2v) is 5.73. The van der Waals surface area contributed by atoms with Gasteiger partial charge in [0.05, 0.1) is 11.7 Å². The largest absolute Gasteiger partial charge is 0.346 e. The predicted molar refractivity (Wildman–Crippen MR) is 82.9 cm³/mol. The van der Waals surface area contributed by atoms with Crippen molar-refractivity contribution in [2.75, 3.05) is 0 Å². The third kappa shape index (κ3) is 4.10. The van der Waals surface area contributed by atoms with Crippen LogP contribution in [0.4, 0.5) is 0 Å². The van der Waals surface area contributed by atoms with Crippen LogP contribution in [0, 0.1) is 0 Å². The van der Waals surface area contributed by atoms with Gasteiger partial charge in [0.1, 0.15) is 0 Å². The molecule has 0 saturated carbocycles. The van der Waals surface area contributed by atoms with Crippen LogP contribution in [0.5, 0.6) is 0 Å². The van der Waals surface area contributed by atoms with Gasteiger partial charge in [0.25, 0.3) is 0 Å². The number of tetrazole rings is 1. The van der Waals surface area contributed by atoms with E-state index in [1.165, 1.54) is 0 Å². The summed E-state index contributed by atoms with van der Waals surface area (Å²) in [5.74, 6) is 0.636. The molecule has 7 heteroatoms. The molecule has 0 aliphatic heterocycles. The Morgan fingerprint density at radius 1 is 1.38 bits per heavy atom. The molecule has 1 N–H and O–H groups in total. The Bertz CT molecular complexity index is 596. The molecule has 6 nitrogen and oxygen atoms in total. The van der Waals surface area contributed by atoms with E-state index in [9.17, 15) is 4.79 Å². The average Bonchev–Trinajstić information content (AvgIpc) is 2.95. The molecule has 0 spiro atoms. The van der Waals surface area contributed by atoms with E-state index >= 15 is 0 Å². The maximum Gasteiger partial charge on any atom is 0.220 e. The monoisotopic (exact) mass is 351 g/mol. The van der Waals surface area contributed by atoms with Crippen LogP contribution in [0.15, 0.2) is 28.7 Å². The summed E-state index contributed by atoms with van der Waals surface area (Å²) in [6, 6.07) is 7.43. The molecule has 0 radical (unpaired) electrons. The quantitative estimate of drug-likeness (QED) is 0.868. The first-order valence-electron chi connectivity index (χ1n) is 6.95. The number of nitrogens with zero attached hydrogens (tertiary/aromatic N) is 4. The number of nitrogens with one attached hydrogen (secondary N) is 1. The summed E-state index contributed by atoms with van der Waals surface area (Å²) >= 11 is 3.40. The van der Waals surface area contributed by atoms with Crippen LogP contribution in [0.1, 0.15) is 45.0 Å². The van der Waals surface area contributed by atoms with Gasteiger partial charge in [-0.2, -0.15) is 4.68 Å². The molecule has 0 saturated heterocycles. The molecule has 2 aromatic rings. The number of rotatable bonds is 6. The van der Waals surface area contributed by atoms with Gasteiger partial charge in [-0.3, -0.25) is 4.79 Å². The molecule has 1 unspecified atom stereocenters. The standard InChI is InChI=1S/C14H18BrN5O/c1-3-4-5-13(21)16-10(2)14-17-18-19-20(14)12-8-6-11(15)7-9-12/h6-10H,3-5H2,1-2H3,(H,16,21). The average molecular weight is 352 g/mol. The molecule has 0 aliphatic rings. The lowest BCUT2D eigenvalue weighted by molar-refractivity contribution is -0.121. The molecular weight excluding hydrogens is 334 g/mol.